The summed E-state index contributed by atoms with van der Waals surface area (Å²) < 4.78 is 59.4. The third kappa shape index (κ3) is 6.16. The van der Waals surface area contributed by atoms with Gasteiger partial charge in [0.2, 0.25) is 15.9 Å². The monoisotopic (exact) mass is 531 g/mol. The predicted octanol–water partition coefficient (Wildman–Crippen LogP) is 3.91. The third-order valence-corrected chi connectivity index (χ3v) is 8.17. The Morgan fingerprint density at radius 2 is 1.44 bits per heavy atom. The molecule has 9 nitrogen and oxygen atoms in total. The molecule has 0 aliphatic heterocycles. The number of methoxy groups -OCH3 is 1. The van der Waals surface area contributed by atoms with Gasteiger partial charge in [-0.05, 0) is 80.4 Å². The number of anilines is 3. The first-order valence-electron chi connectivity index (χ1n) is 11.0. The Bertz CT molecular complexity index is 1430. The molecule has 0 saturated heterocycles. The summed E-state index contributed by atoms with van der Waals surface area (Å²) in [5, 5.41) is 2.65. The zero-order valence-electron chi connectivity index (χ0n) is 20.6. The quantitative estimate of drug-likeness (QED) is 0.432. The number of ether oxygens (including phenoxy) is 1. The van der Waals surface area contributed by atoms with Gasteiger partial charge in [0.05, 0.1) is 29.6 Å². The molecule has 0 aliphatic carbocycles. The van der Waals surface area contributed by atoms with Crippen LogP contribution in [0.4, 0.5) is 17.1 Å². The van der Waals surface area contributed by atoms with Gasteiger partial charge >= 0.3 is 0 Å². The molecule has 192 valence electrons. The van der Waals surface area contributed by atoms with Gasteiger partial charge in [-0.15, -0.1) is 0 Å². The summed E-state index contributed by atoms with van der Waals surface area (Å²) in [4.78, 5) is 12.9. The second-order valence-electron chi connectivity index (χ2n) is 8.32. The number of hydrogen-bond acceptors (Lipinski definition) is 6. The van der Waals surface area contributed by atoms with Crippen molar-refractivity contribution in [2.45, 2.75) is 31.7 Å². The van der Waals surface area contributed by atoms with Gasteiger partial charge in [0.1, 0.15) is 11.8 Å². The summed E-state index contributed by atoms with van der Waals surface area (Å²) in [5.41, 5.74) is 2.73. The van der Waals surface area contributed by atoms with Crippen LogP contribution in [0.5, 0.6) is 5.75 Å². The minimum atomic E-state index is -3.85. The SMILES string of the molecule is COc1ccc(N([C@H](C)C(=O)Nc2ccc(S(=O)(=O)Nc3c(C)cccc3C)cc2)S(C)(=O)=O)cc1. The number of sulfonamides is 2. The maximum absolute atomic E-state index is 12.9. The maximum Gasteiger partial charge on any atom is 0.261 e. The van der Waals surface area contributed by atoms with Crippen molar-refractivity contribution >= 4 is 43.0 Å². The van der Waals surface area contributed by atoms with Crippen LogP contribution >= 0.6 is 0 Å². The topological polar surface area (TPSA) is 122 Å². The molecule has 2 N–H and O–H groups in total. The number of hydrogen-bond donors (Lipinski definition) is 2. The van der Waals surface area contributed by atoms with E-state index in [1.807, 2.05) is 32.0 Å². The van der Waals surface area contributed by atoms with Gasteiger partial charge < -0.3 is 10.1 Å². The highest BCUT2D eigenvalue weighted by Gasteiger charge is 2.29. The molecule has 0 spiro atoms. The molecule has 11 heteroatoms. The molecular weight excluding hydrogens is 502 g/mol. The van der Waals surface area contributed by atoms with Crippen molar-refractivity contribution in [2.75, 3.05) is 27.7 Å². The number of amides is 1. The van der Waals surface area contributed by atoms with E-state index in [1.54, 1.807) is 24.3 Å². The number of nitrogens with zero attached hydrogens (tertiary/aromatic N) is 1. The Morgan fingerprint density at radius 3 is 1.94 bits per heavy atom. The molecule has 0 radical (unpaired) electrons. The predicted molar refractivity (Wildman–Crippen MR) is 142 cm³/mol. The minimum Gasteiger partial charge on any atom is -0.497 e. The van der Waals surface area contributed by atoms with E-state index in [4.69, 9.17) is 4.74 Å². The minimum absolute atomic E-state index is 0.0206. The maximum atomic E-state index is 12.9. The number of carbonyl (C=O) groups is 1. The number of carbonyl (C=O) groups excluding carboxylic acids is 1. The summed E-state index contributed by atoms with van der Waals surface area (Å²) in [6, 6.07) is 16.3. The van der Waals surface area contributed by atoms with Gasteiger partial charge in [-0.3, -0.25) is 13.8 Å². The fraction of sp³-hybridized carbons (Fsp3) is 0.240. The summed E-state index contributed by atoms with van der Waals surface area (Å²) in [5.74, 6) is -0.0352. The number of para-hydroxylation sites is 1. The molecular formula is C25H29N3O6S2. The van der Waals surface area contributed by atoms with E-state index < -0.39 is 32.0 Å². The Morgan fingerprint density at radius 1 is 0.889 bits per heavy atom. The first-order chi connectivity index (χ1) is 16.8. The molecule has 0 bridgehead atoms. The van der Waals surface area contributed by atoms with Gasteiger partial charge in [0, 0.05) is 5.69 Å². The van der Waals surface area contributed by atoms with Gasteiger partial charge in [0.25, 0.3) is 10.0 Å². The zero-order chi connectivity index (χ0) is 26.7. The smallest absolute Gasteiger partial charge is 0.261 e. The second kappa shape index (κ2) is 10.6. The van der Waals surface area contributed by atoms with Crippen LogP contribution in [-0.2, 0) is 24.8 Å². The van der Waals surface area contributed by atoms with Crippen LogP contribution in [0.2, 0.25) is 0 Å². The molecule has 0 saturated carbocycles. The lowest BCUT2D eigenvalue weighted by Crippen LogP contribution is -2.45. The first-order valence-corrected chi connectivity index (χ1v) is 14.3. The summed E-state index contributed by atoms with van der Waals surface area (Å²) in [7, 11) is -6.15. The van der Waals surface area contributed by atoms with E-state index in [1.165, 1.54) is 38.3 Å². The van der Waals surface area contributed by atoms with E-state index in [9.17, 15) is 21.6 Å². The molecule has 3 aromatic rings. The number of aryl methyl sites for hydroxylation is 2. The fourth-order valence-corrected chi connectivity index (χ4v) is 6.05. The van der Waals surface area contributed by atoms with E-state index in [0.29, 0.717) is 22.8 Å². The van der Waals surface area contributed by atoms with Crippen molar-refractivity contribution in [3.63, 3.8) is 0 Å². The average molecular weight is 532 g/mol. The molecule has 0 heterocycles. The van der Waals surface area contributed by atoms with Crippen LogP contribution in [0.15, 0.2) is 71.6 Å². The van der Waals surface area contributed by atoms with Crippen LogP contribution in [0.1, 0.15) is 18.1 Å². The Balaban J connectivity index is 1.78. The lowest BCUT2D eigenvalue weighted by molar-refractivity contribution is -0.116. The average Bonchev–Trinajstić information content (AvgIpc) is 2.81. The molecule has 1 amide bonds. The Hall–Kier alpha value is -3.57. The molecule has 0 aromatic heterocycles. The summed E-state index contributed by atoms with van der Waals surface area (Å²) in [6.07, 6.45) is 1.02. The standard InChI is InChI=1S/C25H29N3O6S2/c1-17-7-6-8-18(2)24(17)27-36(32,33)23-15-9-20(10-16-23)26-25(29)19(3)28(35(5,30)31)21-11-13-22(34-4)14-12-21/h6-16,19,27H,1-5H3,(H,26,29)/t19-/m1/s1. The number of rotatable bonds is 9. The zero-order valence-corrected chi connectivity index (χ0v) is 22.3. The van der Waals surface area contributed by atoms with E-state index in [-0.39, 0.29) is 4.90 Å². The van der Waals surface area contributed by atoms with E-state index in [0.717, 1.165) is 21.7 Å². The van der Waals surface area contributed by atoms with Crippen LogP contribution < -0.4 is 19.1 Å². The van der Waals surface area contributed by atoms with E-state index in [2.05, 4.69) is 10.0 Å². The summed E-state index contributed by atoms with van der Waals surface area (Å²) >= 11 is 0. The molecule has 3 rings (SSSR count). The largest absolute Gasteiger partial charge is 0.497 e. The molecule has 0 unspecified atom stereocenters. The van der Waals surface area contributed by atoms with E-state index >= 15 is 0 Å². The normalized spacial score (nSPS) is 12.5. The molecule has 36 heavy (non-hydrogen) atoms. The lowest BCUT2D eigenvalue weighted by atomic mass is 10.1. The van der Waals surface area contributed by atoms with Crippen molar-refractivity contribution < 1.29 is 26.4 Å². The van der Waals surface area contributed by atoms with Crippen LogP contribution in [0.25, 0.3) is 0 Å². The first kappa shape index (κ1) is 27.0. The van der Waals surface area contributed by atoms with Gasteiger partial charge in [-0.25, -0.2) is 16.8 Å². The van der Waals surface area contributed by atoms with Crippen molar-refractivity contribution in [3.05, 3.63) is 77.9 Å². The lowest BCUT2D eigenvalue weighted by Gasteiger charge is -2.28. The van der Waals surface area contributed by atoms with Crippen molar-refractivity contribution in [2.24, 2.45) is 0 Å². The van der Waals surface area contributed by atoms with Crippen molar-refractivity contribution in [1.29, 1.82) is 0 Å². The molecule has 0 aliphatic rings. The third-order valence-electron chi connectivity index (χ3n) is 5.57. The Labute approximate surface area is 212 Å². The van der Waals surface area contributed by atoms with Gasteiger partial charge in [0.15, 0.2) is 0 Å². The number of nitrogens with one attached hydrogen (secondary N) is 2. The summed E-state index contributed by atoms with van der Waals surface area (Å²) in [6.45, 7) is 5.10. The van der Waals surface area contributed by atoms with Crippen molar-refractivity contribution in [3.8, 4) is 5.75 Å². The highest BCUT2D eigenvalue weighted by molar-refractivity contribution is 7.92. The highest BCUT2D eigenvalue weighted by Crippen LogP contribution is 2.26. The molecule has 1 atom stereocenters. The van der Waals surface area contributed by atoms with Crippen LogP contribution in [0.3, 0.4) is 0 Å². The highest BCUT2D eigenvalue weighted by atomic mass is 32.2. The van der Waals surface area contributed by atoms with Crippen LogP contribution in [0, 0.1) is 13.8 Å². The van der Waals surface area contributed by atoms with Gasteiger partial charge in [-0.2, -0.15) is 0 Å². The van der Waals surface area contributed by atoms with Crippen LogP contribution in [-0.4, -0.2) is 42.2 Å². The molecule has 0 fully saturated rings. The second-order valence-corrected chi connectivity index (χ2v) is 11.9. The Kier molecular flexibility index (Phi) is 7.95. The molecule has 3 aromatic carbocycles. The fourth-order valence-electron chi connectivity index (χ4n) is 3.67. The van der Waals surface area contributed by atoms with Crippen molar-refractivity contribution in [1.82, 2.24) is 0 Å². The number of benzene rings is 3. The van der Waals surface area contributed by atoms with Gasteiger partial charge in [-0.1, -0.05) is 18.2 Å².